The SMILES string of the molecule is Nc1ccc(-c2ncc3c(n2)CCN(Cc2cccs2)C3)cc1. The van der Waals surface area contributed by atoms with Crippen LogP contribution in [-0.4, -0.2) is 21.4 Å². The Balaban J connectivity index is 1.53. The molecule has 0 radical (unpaired) electrons. The summed E-state index contributed by atoms with van der Waals surface area (Å²) in [6.07, 6.45) is 2.96. The van der Waals surface area contributed by atoms with Gasteiger partial charge < -0.3 is 5.73 Å². The zero-order chi connectivity index (χ0) is 15.6. The maximum absolute atomic E-state index is 5.74. The maximum atomic E-state index is 5.74. The van der Waals surface area contributed by atoms with Crippen molar-refractivity contribution in [1.29, 1.82) is 0 Å². The van der Waals surface area contributed by atoms with Gasteiger partial charge in [-0.2, -0.15) is 0 Å². The Bertz CT molecular complexity index is 796. The molecule has 4 nitrogen and oxygen atoms in total. The van der Waals surface area contributed by atoms with Crippen molar-refractivity contribution in [2.45, 2.75) is 19.5 Å². The van der Waals surface area contributed by atoms with Gasteiger partial charge in [0.25, 0.3) is 0 Å². The van der Waals surface area contributed by atoms with Crippen LogP contribution in [0.1, 0.15) is 16.1 Å². The summed E-state index contributed by atoms with van der Waals surface area (Å²) >= 11 is 1.82. The van der Waals surface area contributed by atoms with E-state index in [0.717, 1.165) is 43.1 Å². The van der Waals surface area contributed by atoms with E-state index in [-0.39, 0.29) is 0 Å². The van der Waals surface area contributed by atoms with Gasteiger partial charge in [-0.05, 0) is 35.7 Å². The Kier molecular flexibility index (Phi) is 3.81. The third-order valence-electron chi connectivity index (χ3n) is 4.14. The van der Waals surface area contributed by atoms with Crippen molar-refractivity contribution in [3.8, 4) is 11.4 Å². The predicted octanol–water partition coefficient (Wildman–Crippen LogP) is 3.35. The predicted molar refractivity (Wildman–Crippen MR) is 94.0 cm³/mol. The third-order valence-corrected chi connectivity index (χ3v) is 5.00. The van der Waals surface area contributed by atoms with Gasteiger partial charge in [0.2, 0.25) is 0 Å². The van der Waals surface area contributed by atoms with Crippen molar-refractivity contribution >= 4 is 17.0 Å². The first-order valence-electron chi connectivity index (χ1n) is 7.73. The van der Waals surface area contributed by atoms with Gasteiger partial charge in [-0.1, -0.05) is 6.07 Å². The summed E-state index contributed by atoms with van der Waals surface area (Å²) in [5.41, 5.74) is 9.94. The largest absolute Gasteiger partial charge is 0.399 e. The molecule has 3 aromatic rings. The summed E-state index contributed by atoms with van der Waals surface area (Å²) in [5.74, 6) is 0.787. The van der Waals surface area contributed by atoms with E-state index in [1.807, 2.05) is 41.8 Å². The third kappa shape index (κ3) is 3.11. The Morgan fingerprint density at radius 3 is 2.83 bits per heavy atom. The lowest BCUT2D eigenvalue weighted by molar-refractivity contribution is 0.245. The summed E-state index contributed by atoms with van der Waals surface area (Å²) in [5, 5.41) is 2.13. The van der Waals surface area contributed by atoms with Crippen LogP contribution in [0.4, 0.5) is 5.69 Å². The van der Waals surface area contributed by atoms with Crippen molar-refractivity contribution in [1.82, 2.24) is 14.9 Å². The number of fused-ring (bicyclic) bond motifs is 1. The van der Waals surface area contributed by atoms with Gasteiger partial charge in [-0.3, -0.25) is 4.90 Å². The molecule has 0 atom stereocenters. The molecule has 1 aliphatic rings. The van der Waals surface area contributed by atoms with Gasteiger partial charge in [-0.25, -0.2) is 9.97 Å². The minimum atomic E-state index is 0.760. The highest BCUT2D eigenvalue weighted by atomic mass is 32.1. The fourth-order valence-electron chi connectivity index (χ4n) is 2.90. The minimum Gasteiger partial charge on any atom is -0.399 e. The topological polar surface area (TPSA) is 55.0 Å². The average molecular weight is 322 g/mol. The molecule has 1 aromatic carbocycles. The van der Waals surface area contributed by atoms with E-state index in [0.29, 0.717) is 0 Å². The van der Waals surface area contributed by atoms with Crippen molar-refractivity contribution in [3.05, 3.63) is 64.1 Å². The average Bonchev–Trinajstić information content (AvgIpc) is 3.08. The molecular weight excluding hydrogens is 304 g/mol. The number of hydrogen-bond donors (Lipinski definition) is 1. The Labute approximate surface area is 139 Å². The molecule has 5 heteroatoms. The molecule has 1 aliphatic heterocycles. The summed E-state index contributed by atoms with van der Waals surface area (Å²) in [4.78, 5) is 13.2. The second-order valence-corrected chi connectivity index (χ2v) is 6.86. The molecule has 0 amide bonds. The quantitative estimate of drug-likeness (QED) is 0.751. The van der Waals surface area contributed by atoms with Gasteiger partial charge >= 0.3 is 0 Å². The second-order valence-electron chi connectivity index (χ2n) is 5.83. The smallest absolute Gasteiger partial charge is 0.159 e. The van der Waals surface area contributed by atoms with Gasteiger partial charge in [0, 0.05) is 53.9 Å². The Hall–Kier alpha value is -2.24. The maximum Gasteiger partial charge on any atom is 0.159 e. The number of nitrogens with zero attached hydrogens (tertiary/aromatic N) is 3. The summed E-state index contributed by atoms with van der Waals surface area (Å²) in [7, 11) is 0. The first-order valence-corrected chi connectivity index (χ1v) is 8.61. The normalized spacial score (nSPS) is 14.6. The molecule has 0 aliphatic carbocycles. The molecule has 0 bridgehead atoms. The number of anilines is 1. The number of aromatic nitrogens is 2. The highest BCUT2D eigenvalue weighted by Gasteiger charge is 2.19. The Morgan fingerprint density at radius 2 is 2.04 bits per heavy atom. The van der Waals surface area contributed by atoms with E-state index in [2.05, 4.69) is 27.4 Å². The first kappa shape index (κ1) is 14.4. The van der Waals surface area contributed by atoms with Crippen LogP contribution in [0.3, 0.4) is 0 Å². The van der Waals surface area contributed by atoms with E-state index >= 15 is 0 Å². The lowest BCUT2D eigenvalue weighted by Crippen LogP contribution is -2.30. The van der Waals surface area contributed by atoms with Crippen LogP contribution in [0.25, 0.3) is 11.4 Å². The van der Waals surface area contributed by atoms with Gasteiger partial charge in [-0.15, -0.1) is 11.3 Å². The van der Waals surface area contributed by atoms with E-state index in [9.17, 15) is 0 Å². The van der Waals surface area contributed by atoms with Crippen LogP contribution in [0.15, 0.2) is 48.0 Å². The van der Waals surface area contributed by atoms with Crippen LogP contribution in [0.2, 0.25) is 0 Å². The first-order chi connectivity index (χ1) is 11.3. The molecule has 0 saturated heterocycles. The van der Waals surface area contributed by atoms with Crippen molar-refractivity contribution in [3.63, 3.8) is 0 Å². The Morgan fingerprint density at radius 1 is 1.17 bits per heavy atom. The van der Waals surface area contributed by atoms with Gasteiger partial charge in [0.05, 0.1) is 5.69 Å². The van der Waals surface area contributed by atoms with Crippen LogP contribution in [-0.2, 0) is 19.5 Å². The van der Waals surface area contributed by atoms with E-state index in [1.165, 1.54) is 16.1 Å². The summed E-state index contributed by atoms with van der Waals surface area (Å²) in [6, 6.07) is 12.0. The number of rotatable bonds is 3. The molecule has 0 spiro atoms. The van der Waals surface area contributed by atoms with Gasteiger partial charge in [0.15, 0.2) is 5.82 Å². The molecule has 0 fully saturated rings. The fourth-order valence-corrected chi connectivity index (χ4v) is 3.65. The number of nitrogen functional groups attached to an aromatic ring is 1. The number of benzene rings is 1. The molecular formula is C18H18N4S. The van der Waals surface area contributed by atoms with Crippen LogP contribution >= 0.6 is 11.3 Å². The zero-order valence-electron chi connectivity index (χ0n) is 12.8. The fraction of sp³-hybridized carbons (Fsp3) is 0.222. The number of thiophene rings is 1. The lowest BCUT2D eigenvalue weighted by Gasteiger charge is -2.27. The summed E-state index contributed by atoms with van der Waals surface area (Å²) in [6.45, 7) is 2.98. The van der Waals surface area contributed by atoms with Crippen LogP contribution in [0.5, 0.6) is 0 Å². The lowest BCUT2D eigenvalue weighted by atomic mass is 10.1. The standard InChI is InChI=1S/C18H18N4S/c19-15-5-3-13(4-6-15)18-20-10-14-11-22(8-7-17(14)21-18)12-16-2-1-9-23-16/h1-6,9-10H,7-8,11-12,19H2. The molecule has 0 saturated carbocycles. The number of hydrogen-bond acceptors (Lipinski definition) is 5. The summed E-state index contributed by atoms with van der Waals surface area (Å²) < 4.78 is 0. The van der Waals surface area contributed by atoms with Crippen LogP contribution in [0, 0.1) is 0 Å². The molecule has 2 N–H and O–H groups in total. The monoisotopic (exact) mass is 322 g/mol. The molecule has 0 unspecified atom stereocenters. The van der Waals surface area contributed by atoms with E-state index in [1.54, 1.807) is 0 Å². The molecule has 2 aromatic heterocycles. The molecule has 4 rings (SSSR count). The van der Waals surface area contributed by atoms with Gasteiger partial charge in [0.1, 0.15) is 0 Å². The second kappa shape index (κ2) is 6.10. The molecule has 116 valence electrons. The molecule has 23 heavy (non-hydrogen) atoms. The van der Waals surface area contributed by atoms with Crippen molar-refractivity contribution in [2.24, 2.45) is 0 Å². The highest BCUT2D eigenvalue weighted by molar-refractivity contribution is 7.09. The highest BCUT2D eigenvalue weighted by Crippen LogP contribution is 2.23. The van der Waals surface area contributed by atoms with E-state index < -0.39 is 0 Å². The van der Waals surface area contributed by atoms with Crippen molar-refractivity contribution < 1.29 is 0 Å². The van der Waals surface area contributed by atoms with Crippen molar-refractivity contribution in [2.75, 3.05) is 12.3 Å². The van der Waals surface area contributed by atoms with Crippen LogP contribution < -0.4 is 5.73 Å². The molecule has 3 heterocycles. The van der Waals surface area contributed by atoms with E-state index in [4.69, 9.17) is 10.7 Å². The zero-order valence-corrected chi connectivity index (χ0v) is 13.6. The minimum absolute atomic E-state index is 0.760. The number of nitrogens with two attached hydrogens (primary N) is 1.